The second-order valence-corrected chi connectivity index (χ2v) is 6.39. The lowest BCUT2D eigenvalue weighted by atomic mass is 10.0. The molecule has 0 unspecified atom stereocenters. The van der Waals surface area contributed by atoms with Crippen LogP contribution in [0.25, 0.3) is 33.1 Å². The molecule has 3 aromatic heterocycles. The topological polar surface area (TPSA) is 76.5 Å². The molecule has 0 bridgehead atoms. The van der Waals surface area contributed by atoms with Gasteiger partial charge >= 0.3 is 0 Å². The Morgan fingerprint density at radius 1 is 0.926 bits per heavy atom. The van der Waals surface area contributed by atoms with E-state index in [9.17, 15) is 4.79 Å². The first-order valence-corrected chi connectivity index (χ1v) is 8.61. The van der Waals surface area contributed by atoms with Crippen LogP contribution in [0.4, 0.5) is 0 Å². The lowest BCUT2D eigenvalue weighted by molar-refractivity contribution is 0.747. The van der Waals surface area contributed by atoms with Crippen molar-refractivity contribution in [2.24, 2.45) is 0 Å². The molecule has 5 rings (SSSR count). The summed E-state index contributed by atoms with van der Waals surface area (Å²) in [6, 6.07) is 17.8. The van der Waals surface area contributed by atoms with Gasteiger partial charge in [-0.2, -0.15) is 5.10 Å². The smallest absolute Gasteiger partial charge is 0.263 e. The zero-order chi connectivity index (χ0) is 18.2. The average Bonchev–Trinajstić information content (AvgIpc) is 3.20. The van der Waals surface area contributed by atoms with Crippen molar-refractivity contribution >= 4 is 21.9 Å². The van der Waals surface area contributed by atoms with Gasteiger partial charge in [-0.05, 0) is 34.9 Å². The van der Waals surface area contributed by atoms with Gasteiger partial charge in [-0.3, -0.25) is 14.5 Å². The molecule has 27 heavy (non-hydrogen) atoms. The Balaban J connectivity index is 1.49. The number of fused-ring (bicyclic) bond motifs is 2. The fraction of sp³-hybridized carbons (Fsp3) is 0.0476. The molecular weight excluding hydrogens is 338 g/mol. The van der Waals surface area contributed by atoms with E-state index in [4.69, 9.17) is 0 Å². The van der Waals surface area contributed by atoms with Crippen LogP contribution in [-0.2, 0) is 6.54 Å². The van der Waals surface area contributed by atoms with E-state index in [0.717, 1.165) is 27.6 Å². The summed E-state index contributed by atoms with van der Waals surface area (Å²) in [5.74, 6) is 0. The molecule has 0 radical (unpaired) electrons. The highest BCUT2D eigenvalue weighted by atomic mass is 16.1. The van der Waals surface area contributed by atoms with Gasteiger partial charge in [-0.25, -0.2) is 9.97 Å². The summed E-state index contributed by atoms with van der Waals surface area (Å²) in [6.07, 6.45) is 5.03. The third kappa shape index (κ3) is 2.67. The van der Waals surface area contributed by atoms with Crippen molar-refractivity contribution in [1.82, 2.24) is 24.7 Å². The monoisotopic (exact) mass is 353 g/mol. The molecule has 1 N–H and O–H groups in total. The number of pyridine rings is 1. The molecule has 130 valence electrons. The molecule has 0 spiro atoms. The van der Waals surface area contributed by atoms with E-state index in [1.54, 1.807) is 29.2 Å². The zero-order valence-corrected chi connectivity index (χ0v) is 14.3. The maximum absolute atomic E-state index is 12.6. The first kappa shape index (κ1) is 15.5. The summed E-state index contributed by atoms with van der Waals surface area (Å²) in [6.45, 7) is 0.465. The SMILES string of the molecule is O=c1c2cccnc2ncn1Cc1ccc(-c2cccc3[nH]ncc23)cc1. The minimum absolute atomic E-state index is 0.0830. The molecule has 3 heterocycles. The first-order chi connectivity index (χ1) is 13.3. The van der Waals surface area contributed by atoms with Crippen LogP contribution in [-0.4, -0.2) is 24.7 Å². The maximum atomic E-state index is 12.6. The molecule has 0 saturated carbocycles. The van der Waals surface area contributed by atoms with Crippen molar-refractivity contribution in [2.45, 2.75) is 6.54 Å². The summed E-state index contributed by atoms with van der Waals surface area (Å²) >= 11 is 0. The third-order valence-corrected chi connectivity index (χ3v) is 4.70. The Labute approximate surface area is 154 Å². The van der Waals surface area contributed by atoms with Crippen LogP contribution in [0.2, 0.25) is 0 Å². The summed E-state index contributed by atoms with van der Waals surface area (Å²) in [7, 11) is 0. The van der Waals surface area contributed by atoms with Crippen molar-refractivity contribution < 1.29 is 0 Å². The number of nitrogens with zero attached hydrogens (tertiary/aromatic N) is 4. The number of aromatic amines is 1. The number of benzene rings is 2. The highest BCUT2D eigenvalue weighted by Gasteiger charge is 2.07. The molecule has 0 aliphatic rings. The molecule has 2 aromatic carbocycles. The summed E-state index contributed by atoms with van der Waals surface area (Å²) < 4.78 is 1.61. The van der Waals surface area contributed by atoms with E-state index in [2.05, 4.69) is 38.4 Å². The number of hydrogen-bond donors (Lipinski definition) is 1. The number of aromatic nitrogens is 5. The van der Waals surface area contributed by atoms with Crippen molar-refractivity contribution in [3.63, 3.8) is 0 Å². The third-order valence-electron chi connectivity index (χ3n) is 4.70. The van der Waals surface area contributed by atoms with Gasteiger partial charge in [0.15, 0.2) is 5.65 Å². The van der Waals surface area contributed by atoms with E-state index < -0.39 is 0 Å². The van der Waals surface area contributed by atoms with Gasteiger partial charge in [0.05, 0.1) is 23.6 Å². The van der Waals surface area contributed by atoms with E-state index in [1.807, 2.05) is 30.5 Å². The second-order valence-electron chi connectivity index (χ2n) is 6.39. The van der Waals surface area contributed by atoms with Gasteiger partial charge in [0.1, 0.15) is 6.33 Å². The van der Waals surface area contributed by atoms with Crippen LogP contribution in [0.1, 0.15) is 5.56 Å². The Morgan fingerprint density at radius 3 is 2.70 bits per heavy atom. The summed E-state index contributed by atoms with van der Waals surface area (Å²) in [4.78, 5) is 21.0. The molecule has 0 saturated heterocycles. The van der Waals surface area contributed by atoms with Crippen LogP contribution >= 0.6 is 0 Å². The van der Waals surface area contributed by atoms with Crippen LogP contribution < -0.4 is 5.56 Å². The Morgan fingerprint density at radius 2 is 1.81 bits per heavy atom. The fourth-order valence-corrected chi connectivity index (χ4v) is 3.32. The molecule has 0 aliphatic heterocycles. The van der Waals surface area contributed by atoms with Crippen LogP contribution in [0, 0.1) is 0 Å². The van der Waals surface area contributed by atoms with Gasteiger partial charge in [-0.1, -0.05) is 36.4 Å². The van der Waals surface area contributed by atoms with E-state index in [0.29, 0.717) is 17.6 Å². The highest BCUT2D eigenvalue weighted by molar-refractivity contribution is 5.94. The van der Waals surface area contributed by atoms with E-state index >= 15 is 0 Å². The van der Waals surface area contributed by atoms with Gasteiger partial charge in [0.2, 0.25) is 0 Å². The van der Waals surface area contributed by atoms with E-state index in [1.165, 1.54) is 0 Å². The Kier molecular flexibility index (Phi) is 3.53. The summed E-state index contributed by atoms with van der Waals surface area (Å²) in [5.41, 5.74) is 4.68. The first-order valence-electron chi connectivity index (χ1n) is 8.61. The predicted octanol–water partition coefficient (Wildman–Crippen LogP) is 3.38. The second kappa shape index (κ2) is 6.17. The number of nitrogens with one attached hydrogen (secondary N) is 1. The molecule has 0 amide bonds. The molecule has 0 fully saturated rings. The predicted molar refractivity (Wildman–Crippen MR) is 104 cm³/mol. The quantitative estimate of drug-likeness (QED) is 0.539. The fourth-order valence-electron chi connectivity index (χ4n) is 3.32. The highest BCUT2D eigenvalue weighted by Crippen LogP contribution is 2.27. The maximum Gasteiger partial charge on any atom is 0.263 e. The lowest BCUT2D eigenvalue weighted by Gasteiger charge is -2.08. The molecular formula is C21H15N5O. The van der Waals surface area contributed by atoms with E-state index in [-0.39, 0.29) is 5.56 Å². The van der Waals surface area contributed by atoms with Crippen molar-refractivity contribution in [1.29, 1.82) is 0 Å². The van der Waals surface area contributed by atoms with Crippen molar-refractivity contribution in [3.8, 4) is 11.1 Å². The number of hydrogen-bond acceptors (Lipinski definition) is 4. The van der Waals surface area contributed by atoms with Gasteiger partial charge in [-0.15, -0.1) is 0 Å². The van der Waals surface area contributed by atoms with Gasteiger partial charge in [0, 0.05) is 11.6 Å². The molecule has 6 heteroatoms. The molecule has 0 atom stereocenters. The largest absolute Gasteiger partial charge is 0.294 e. The van der Waals surface area contributed by atoms with Gasteiger partial charge in [0.25, 0.3) is 5.56 Å². The number of H-pyrrole nitrogens is 1. The normalized spacial score (nSPS) is 11.3. The lowest BCUT2D eigenvalue weighted by Crippen LogP contribution is -2.21. The van der Waals surface area contributed by atoms with Crippen LogP contribution in [0.5, 0.6) is 0 Å². The minimum Gasteiger partial charge on any atom is -0.294 e. The molecule has 6 nitrogen and oxygen atoms in total. The van der Waals surface area contributed by atoms with Crippen molar-refractivity contribution in [2.75, 3.05) is 0 Å². The minimum atomic E-state index is -0.0830. The van der Waals surface area contributed by atoms with Crippen LogP contribution in [0.15, 0.2) is 78.1 Å². The molecule has 5 aromatic rings. The summed E-state index contributed by atoms with van der Waals surface area (Å²) in [5, 5.41) is 8.74. The van der Waals surface area contributed by atoms with Crippen molar-refractivity contribution in [3.05, 3.63) is 89.2 Å². The Bertz CT molecular complexity index is 1320. The zero-order valence-electron chi connectivity index (χ0n) is 14.3. The average molecular weight is 353 g/mol. The number of rotatable bonds is 3. The van der Waals surface area contributed by atoms with Gasteiger partial charge < -0.3 is 0 Å². The standard InChI is InChI=1S/C21H15N5O/c27-21-17-4-2-10-22-20(17)23-13-26(21)12-14-6-8-15(9-7-14)16-3-1-5-19-18(16)11-24-25-19/h1-11,13H,12H2,(H,24,25). The van der Waals surface area contributed by atoms with Crippen LogP contribution in [0.3, 0.4) is 0 Å². The Hall–Kier alpha value is -3.80. The molecule has 0 aliphatic carbocycles.